The first-order valence-corrected chi connectivity index (χ1v) is 8.27. The normalized spacial score (nSPS) is 29.4. The SMILES string of the molecule is O=C1CCC2(CCOC2)CN1Cc1cn2c(n1)SCC2. The van der Waals surface area contributed by atoms with Crippen LogP contribution < -0.4 is 0 Å². The van der Waals surface area contributed by atoms with E-state index >= 15 is 0 Å². The average Bonchev–Trinajstić information content (AvgIpc) is 3.10. The third-order valence-corrected chi connectivity index (χ3v) is 5.61. The summed E-state index contributed by atoms with van der Waals surface area (Å²) >= 11 is 1.80. The first-order chi connectivity index (χ1) is 9.74. The molecule has 0 aliphatic carbocycles. The molecule has 1 spiro atoms. The molecule has 1 atom stereocenters. The summed E-state index contributed by atoms with van der Waals surface area (Å²) in [5.74, 6) is 1.38. The molecule has 1 aromatic rings. The van der Waals surface area contributed by atoms with Gasteiger partial charge in [-0.1, -0.05) is 11.8 Å². The predicted molar refractivity (Wildman–Crippen MR) is 75.5 cm³/mol. The van der Waals surface area contributed by atoms with E-state index in [0.29, 0.717) is 13.0 Å². The van der Waals surface area contributed by atoms with E-state index in [-0.39, 0.29) is 11.3 Å². The van der Waals surface area contributed by atoms with E-state index < -0.39 is 0 Å². The molecule has 1 aromatic heterocycles. The minimum atomic E-state index is 0.213. The van der Waals surface area contributed by atoms with Gasteiger partial charge in [0.05, 0.1) is 18.8 Å². The Kier molecular flexibility index (Phi) is 3.03. The molecule has 0 aromatic carbocycles. The molecule has 2 saturated heterocycles. The molecule has 4 rings (SSSR count). The number of fused-ring (bicyclic) bond motifs is 1. The van der Waals surface area contributed by atoms with Crippen molar-refractivity contribution in [2.45, 2.75) is 37.5 Å². The van der Waals surface area contributed by atoms with Gasteiger partial charge in [-0.3, -0.25) is 4.79 Å². The van der Waals surface area contributed by atoms with Gasteiger partial charge < -0.3 is 14.2 Å². The first-order valence-electron chi connectivity index (χ1n) is 7.29. The standard InChI is InChI=1S/C14H19N3O2S/c18-12-1-2-14(3-5-19-10-14)9-17(12)8-11-7-16-4-6-20-13(16)15-11/h7H,1-6,8-10H2. The molecule has 1 amide bonds. The molecule has 0 N–H and O–H groups in total. The number of likely N-dealkylation sites (tertiary alicyclic amines) is 1. The Bertz CT molecular complexity index is 515. The van der Waals surface area contributed by atoms with E-state index in [1.165, 1.54) is 0 Å². The monoisotopic (exact) mass is 293 g/mol. The molecular weight excluding hydrogens is 274 g/mol. The largest absolute Gasteiger partial charge is 0.381 e. The van der Waals surface area contributed by atoms with Crippen LogP contribution in [-0.2, 0) is 22.6 Å². The van der Waals surface area contributed by atoms with Gasteiger partial charge in [0.2, 0.25) is 5.91 Å². The highest BCUT2D eigenvalue weighted by molar-refractivity contribution is 7.99. The van der Waals surface area contributed by atoms with Crippen LogP contribution in [0.4, 0.5) is 0 Å². The Morgan fingerprint density at radius 3 is 3.20 bits per heavy atom. The zero-order valence-corrected chi connectivity index (χ0v) is 12.3. The van der Waals surface area contributed by atoms with Gasteiger partial charge in [-0.15, -0.1) is 0 Å². The molecule has 0 bridgehead atoms. The number of aromatic nitrogens is 2. The zero-order valence-electron chi connectivity index (χ0n) is 11.5. The number of thioether (sulfide) groups is 1. The Morgan fingerprint density at radius 2 is 2.40 bits per heavy atom. The second-order valence-corrected chi connectivity index (χ2v) is 7.17. The maximum atomic E-state index is 12.2. The van der Waals surface area contributed by atoms with Crippen LogP contribution in [-0.4, -0.2) is 45.9 Å². The number of ether oxygens (including phenoxy) is 1. The Hall–Kier alpha value is -1.01. The van der Waals surface area contributed by atoms with Crippen molar-refractivity contribution in [2.75, 3.05) is 25.5 Å². The maximum absolute atomic E-state index is 12.2. The van der Waals surface area contributed by atoms with E-state index in [1.807, 2.05) is 4.90 Å². The minimum Gasteiger partial charge on any atom is -0.381 e. The molecule has 0 radical (unpaired) electrons. The maximum Gasteiger partial charge on any atom is 0.222 e. The van der Waals surface area contributed by atoms with Crippen LogP contribution in [0, 0.1) is 5.41 Å². The lowest BCUT2D eigenvalue weighted by Gasteiger charge is -2.38. The quantitative estimate of drug-likeness (QED) is 0.829. The van der Waals surface area contributed by atoms with Crippen molar-refractivity contribution in [2.24, 2.45) is 5.41 Å². The third-order valence-electron chi connectivity index (χ3n) is 4.64. The van der Waals surface area contributed by atoms with E-state index in [4.69, 9.17) is 4.74 Å². The Morgan fingerprint density at radius 1 is 1.45 bits per heavy atom. The van der Waals surface area contributed by atoms with Gasteiger partial charge in [-0.05, 0) is 12.8 Å². The summed E-state index contributed by atoms with van der Waals surface area (Å²) in [4.78, 5) is 18.8. The molecule has 4 heterocycles. The molecule has 3 aliphatic heterocycles. The van der Waals surface area contributed by atoms with Gasteiger partial charge in [-0.25, -0.2) is 4.98 Å². The summed E-state index contributed by atoms with van der Waals surface area (Å²) in [5.41, 5.74) is 1.24. The van der Waals surface area contributed by atoms with Crippen LogP contribution >= 0.6 is 11.8 Å². The summed E-state index contributed by atoms with van der Waals surface area (Å²) in [5, 5.41) is 1.10. The van der Waals surface area contributed by atoms with Crippen LogP contribution in [0.15, 0.2) is 11.4 Å². The zero-order chi connectivity index (χ0) is 13.6. The lowest BCUT2D eigenvalue weighted by Crippen LogP contribution is -2.46. The van der Waals surface area contributed by atoms with Crippen molar-refractivity contribution in [3.05, 3.63) is 11.9 Å². The molecule has 108 valence electrons. The Labute approximate surface area is 122 Å². The molecule has 5 nitrogen and oxygen atoms in total. The topological polar surface area (TPSA) is 47.4 Å². The summed E-state index contributed by atoms with van der Waals surface area (Å²) < 4.78 is 7.76. The van der Waals surface area contributed by atoms with Crippen molar-refractivity contribution in [1.82, 2.24) is 14.5 Å². The number of hydrogen-bond donors (Lipinski definition) is 0. The van der Waals surface area contributed by atoms with E-state index in [0.717, 1.165) is 55.7 Å². The number of aryl methyl sites for hydroxylation is 1. The van der Waals surface area contributed by atoms with Gasteiger partial charge in [0.25, 0.3) is 0 Å². The fraction of sp³-hybridized carbons (Fsp3) is 0.714. The van der Waals surface area contributed by atoms with E-state index in [9.17, 15) is 4.79 Å². The lowest BCUT2D eigenvalue weighted by molar-refractivity contribution is -0.138. The van der Waals surface area contributed by atoms with Crippen molar-refractivity contribution >= 4 is 17.7 Å². The van der Waals surface area contributed by atoms with Crippen LogP contribution in [0.1, 0.15) is 25.0 Å². The van der Waals surface area contributed by atoms with Gasteiger partial charge in [0.15, 0.2) is 5.16 Å². The molecule has 1 unspecified atom stereocenters. The minimum absolute atomic E-state index is 0.213. The number of imidazole rings is 1. The number of nitrogens with zero attached hydrogens (tertiary/aromatic N) is 3. The first kappa shape index (κ1) is 12.7. The number of rotatable bonds is 2. The van der Waals surface area contributed by atoms with Crippen molar-refractivity contribution in [1.29, 1.82) is 0 Å². The van der Waals surface area contributed by atoms with Crippen LogP contribution in [0.25, 0.3) is 0 Å². The van der Waals surface area contributed by atoms with E-state index in [2.05, 4.69) is 15.7 Å². The molecule has 0 saturated carbocycles. The molecule has 20 heavy (non-hydrogen) atoms. The summed E-state index contributed by atoms with van der Waals surface area (Å²) in [7, 11) is 0. The average molecular weight is 293 g/mol. The van der Waals surface area contributed by atoms with Crippen LogP contribution in [0.5, 0.6) is 0 Å². The predicted octanol–water partition coefficient (Wildman–Crippen LogP) is 1.52. The third kappa shape index (κ3) is 2.15. The molecule has 2 fully saturated rings. The van der Waals surface area contributed by atoms with Crippen molar-refractivity contribution < 1.29 is 9.53 Å². The summed E-state index contributed by atoms with van der Waals surface area (Å²) in [6.45, 7) is 4.19. The summed E-state index contributed by atoms with van der Waals surface area (Å²) in [6, 6.07) is 0. The summed E-state index contributed by atoms with van der Waals surface area (Å²) in [6.07, 6.45) is 4.84. The van der Waals surface area contributed by atoms with E-state index in [1.54, 1.807) is 11.8 Å². The molecule has 6 heteroatoms. The highest BCUT2D eigenvalue weighted by Gasteiger charge is 2.41. The van der Waals surface area contributed by atoms with Crippen LogP contribution in [0.3, 0.4) is 0 Å². The second-order valence-electron chi connectivity index (χ2n) is 6.11. The highest BCUT2D eigenvalue weighted by atomic mass is 32.2. The number of amides is 1. The van der Waals surface area contributed by atoms with Crippen LogP contribution in [0.2, 0.25) is 0 Å². The number of piperidine rings is 1. The number of carbonyl (C=O) groups is 1. The van der Waals surface area contributed by atoms with Gasteiger partial charge >= 0.3 is 0 Å². The van der Waals surface area contributed by atoms with Crippen molar-refractivity contribution in [3.8, 4) is 0 Å². The van der Waals surface area contributed by atoms with Crippen molar-refractivity contribution in [3.63, 3.8) is 0 Å². The fourth-order valence-corrected chi connectivity index (χ4v) is 4.41. The van der Waals surface area contributed by atoms with Gasteiger partial charge in [0.1, 0.15) is 0 Å². The fourth-order valence-electron chi connectivity index (χ4n) is 3.45. The highest BCUT2D eigenvalue weighted by Crippen LogP contribution is 2.38. The lowest BCUT2D eigenvalue weighted by atomic mass is 9.79. The number of carbonyl (C=O) groups excluding carboxylic acids is 1. The van der Waals surface area contributed by atoms with Gasteiger partial charge in [0, 0.05) is 43.5 Å². The number of hydrogen-bond acceptors (Lipinski definition) is 4. The molecule has 3 aliphatic rings. The second kappa shape index (κ2) is 4.77. The Balaban J connectivity index is 1.49. The molecular formula is C14H19N3O2S. The smallest absolute Gasteiger partial charge is 0.222 e. The van der Waals surface area contributed by atoms with Gasteiger partial charge in [-0.2, -0.15) is 0 Å².